The van der Waals surface area contributed by atoms with E-state index < -0.39 is 23.5 Å². The first-order valence-electron chi connectivity index (χ1n) is 16.8. The number of nitrogens with one attached hydrogen (secondary N) is 1. The van der Waals surface area contributed by atoms with Crippen LogP contribution < -0.4 is 0 Å². The van der Waals surface area contributed by atoms with Crippen molar-refractivity contribution in [2.24, 2.45) is 4.99 Å². The van der Waals surface area contributed by atoms with E-state index in [9.17, 15) is 22.0 Å². The summed E-state index contributed by atoms with van der Waals surface area (Å²) in [5.41, 5.74) is 4.73. The molecule has 0 aliphatic heterocycles. The fourth-order valence-corrected chi connectivity index (χ4v) is 4.47. The average molecular weight is 685 g/mol. The van der Waals surface area contributed by atoms with E-state index >= 15 is 0 Å². The second-order valence-electron chi connectivity index (χ2n) is 10.7. The molecule has 2 aromatic carbocycles. The van der Waals surface area contributed by atoms with Gasteiger partial charge in [-0.3, -0.25) is 4.99 Å². The van der Waals surface area contributed by atoms with Crippen molar-refractivity contribution in [3.63, 3.8) is 0 Å². The van der Waals surface area contributed by atoms with Crippen molar-refractivity contribution < 1.29 is 22.0 Å². The molecule has 0 aliphatic carbocycles. The summed E-state index contributed by atoms with van der Waals surface area (Å²) in [6, 6.07) is 9.04. The maximum atomic E-state index is 14.5. The lowest BCUT2D eigenvalue weighted by atomic mass is 9.91. The molecule has 8 heteroatoms. The number of hydrogen-bond acceptors (Lipinski definition) is 1. The van der Waals surface area contributed by atoms with Crippen LogP contribution in [-0.4, -0.2) is 16.9 Å². The molecular weight excluding hydrogens is 627 g/mol. The van der Waals surface area contributed by atoms with E-state index in [2.05, 4.69) is 30.4 Å². The number of hydrogen-bond donors (Lipinski definition) is 1. The molecule has 0 saturated heterocycles. The van der Waals surface area contributed by atoms with Gasteiger partial charge in [0.05, 0.1) is 0 Å². The number of halogens is 6. The Morgan fingerprint density at radius 1 is 0.979 bits per heavy atom. The van der Waals surface area contributed by atoms with Crippen LogP contribution in [0.5, 0.6) is 0 Å². The third-order valence-electron chi connectivity index (χ3n) is 6.98. The molecule has 0 radical (unpaired) electrons. The van der Waals surface area contributed by atoms with Gasteiger partial charge in [0.15, 0.2) is 11.6 Å². The number of aryl methyl sites for hydroxylation is 2. The molecule has 266 valence electrons. The van der Waals surface area contributed by atoms with Gasteiger partial charge in [-0.15, -0.1) is 6.58 Å². The zero-order valence-electron chi connectivity index (χ0n) is 30.7. The third kappa shape index (κ3) is 15.7. The Labute approximate surface area is 286 Å². The van der Waals surface area contributed by atoms with Gasteiger partial charge >= 0.3 is 6.18 Å². The molecule has 47 heavy (non-hydrogen) atoms. The summed E-state index contributed by atoms with van der Waals surface area (Å²) in [5, 5.41) is 1.74. The predicted molar refractivity (Wildman–Crippen MR) is 196 cm³/mol. The molecule has 0 aliphatic rings. The second kappa shape index (κ2) is 24.2. The zero-order valence-corrected chi connectivity index (χ0v) is 31.5. The van der Waals surface area contributed by atoms with Gasteiger partial charge in [0.2, 0.25) is 0 Å². The van der Waals surface area contributed by atoms with Gasteiger partial charge in [-0.2, -0.15) is 13.2 Å². The summed E-state index contributed by atoms with van der Waals surface area (Å²) < 4.78 is 65.0. The standard InChI is InChI=1S/C21H22ClF2N.C9H14F3N.C5H10.2C2H6/c1-4-5-6-16-17-11-14(22)8-10-18(17)25-21(16)13(3)15-9-7-12(2)19(23)20(15)24;1-4-6-7(3)13-8(5-2)9(10,11)12;1-4-5(2)3;2*1-2/h7-11,13,25H,4-6H2,1-3H3;5H,4,6H2,1-3H3;2,4H2,1,3H3;2*1-2H3/b;8-5-,13-7?;;;/t13-;;;;/m0..../s1. The maximum absolute atomic E-state index is 14.5. The van der Waals surface area contributed by atoms with Gasteiger partial charge < -0.3 is 4.98 Å². The minimum atomic E-state index is -4.33. The van der Waals surface area contributed by atoms with Crippen molar-refractivity contribution in [2.75, 3.05) is 0 Å². The molecule has 0 amide bonds. The third-order valence-corrected chi connectivity index (χ3v) is 7.21. The lowest BCUT2D eigenvalue weighted by Crippen LogP contribution is -2.11. The Morgan fingerprint density at radius 2 is 1.55 bits per heavy atom. The quantitative estimate of drug-likeness (QED) is 0.132. The fraction of sp³-hybridized carbons (Fsp3) is 0.513. The zero-order chi connectivity index (χ0) is 36.9. The van der Waals surface area contributed by atoms with E-state index in [1.807, 2.05) is 66.7 Å². The molecular formula is C39H58ClF5N2. The molecule has 1 atom stereocenters. The van der Waals surface area contributed by atoms with Crippen molar-refractivity contribution in [2.45, 2.75) is 134 Å². The number of nitrogens with zero attached hydrogens (tertiary/aromatic N) is 1. The molecule has 0 spiro atoms. The summed E-state index contributed by atoms with van der Waals surface area (Å²) in [4.78, 5) is 6.92. The number of aliphatic imine (C=N–C) groups is 1. The molecule has 1 aromatic heterocycles. The Morgan fingerprint density at radius 3 is 2.02 bits per heavy atom. The lowest BCUT2D eigenvalue weighted by Gasteiger charge is -2.15. The largest absolute Gasteiger partial charge is 0.432 e. The number of fused-ring (bicyclic) bond motifs is 1. The van der Waals surface area contributed by atoms with Gasteiger partial charge in [0.1, 0.15) is 5.70 Å². The van der Waals surface area contributed by atoms with Gasteiger partial charge in [-0.1, -0.05) is 104 Å². The molecule has 3 aromatic rings. The van der Waals surface area contributed by atoms with Gasteiger partial charge in [0, 0.05) is 33.2 Å². The van der Waals surface area contributed by atoms with Crippen molar-refractivity contribution in [3.05, 3.63) is 93.3 Å². The molecule has 1 heterocycles. The number of allylic oxidation sites excluding steroid dienone is 3. The van der Waals surface area contributed by atoms with Crippen molar-refractivity contribution in [1.82, 2.24) is 4.98 Å². The van der Waals surface area contributed by atoms with Gasteiger partial charge in [-0.25, -0.2) is 8.78 Å². The number of aromatic amines is 1. The van der Waals surface area contributed by atoms with Crippen molar-refractivity contribution in [1.29, 1.82) is 0 Å². The summed E-state index contributed by atoms with van der Waals surface area (Å²) in [5.74, 6) is -1.79. The number of aromatic nitrogens is 1. The minimum Gasteiger partial charge on any atom is -0.358 e. The summed E-state index contributed by atoms with van der Waals surface area (Å²) in [6.07, 6.45) is 2.16. The predicted octanol–water partition coefficient (Wildman–Crippen LogP) is 14.6. The van der Waals surface area contributed by atoms with E-state index in [1.165, 1.54) is 12.5 Å². The van der Waals surface area contributed by atoms with Crippen molar-refractivity contribution >= 4 is 28.2 Å². The second-order valence-corrected chi connectivity index (χ2v) is 11.1. The van der Waals surface area contributed by atoms with Crippen LogP contribution in [0.1, 0.15) is 137 Å². The van der Waals surface area contributed by atoms with Crippen LogP contribution in [0.25, 0.3) is 10.9 Å². The van der Waals surface area contributed by atoms with E-state index in [0.29, 0.717) is 28.3 Å². The van der Waals surface area contributed by atoms with E-state index in [-0.39, 0.29) is 5.92 Å². The normalized spacial score (nSPS) is 12.0. The molecule has 2 nitrogen and oxygen atoms in total. The van der Waals surface area contributed by atoms with Crippen LogP contribution in [0.15, 0.2) is 59.2 Å². The minimum absolute atomic E-state index is 0.270. The number of rotatable bonds is 9. The lowest BCUT2D eigenvalue weighted by molar-refractivity contribution is -0.0924. The summed E-state index contributed by atoms with van der Waals surface area (Å²) in [6.45, 7) is 26.3. The van der Waals surface area contributed by atoms with Crippen LogP contribution in [0.2, 0.25) is 5.02 Å². The molecule has 0 bridgehead atoms. The fourth-order valence-electron chi connectivity index (χ4n) is 4.30. The van der Waals surface area contributed by atoms with Gasteiger partial charge in [0.25, 0.3) is 0 Å². The highest BCUT2D eigenvalue weighted by molar-refractivity contribution is 6.31. The summed E-state index contributed by atoms with van der Waals surface area (Å²) >= 11 is 6.17. The number of benzene rings is 2. The van der Waals surface area contributed by atoms with Gasteiger partial charge in [-0.05, 0) is 88.3 Å². The van der Waals surface area contributed by atoms with Crippen LogP contribution in [0.3, 0.4) is 0 Å². The Balaban J connectivity index is 0. The maximum Gasteiger partial charge on any atom is 0.432 e. The van der Waals surface area contributed by atoms with Crippen LogP contribution in [0.4, 0.5) is 22.0 Å². The molecule has 0 unspecified atom stereocenters. The van der Waals surface area contributed by atoms with E-state index in [4.69, 9.17) is 11.6 Å². The highest BCUT2D eigenvalue weighted by atomic mass is 35.5. The monoisotopic (exact) mass is 684 g/mol. The van der Waals surface area contributed by atoms with Crippen molar-refractivity contribution in [3.8, 4) is 0 Å². The first kappa shape index (κ1) is 46.2. The first-order chi connectivity index (χ1) is 22.1. The molecule has 1 N–H and O–H groups in total. The highest BCUT2D eigenvalue weighted by Gasteiger charge is 2.33. The van der Waals surface area contributed by atoms with E-state index in [1.54, 1.807) is 26.0 Å². The van der Waals surface area contributed by atoms with Crippen LogP contribution in [-0.2, 0) is 6.42 Å². The molecule has 3 rings (SSSR count). The molecule has 0 fully saturated rings. The summed E-state index contributed by atoms with van der Waals surface area (Å²) in [7, 11) is 0. The highest BCUT2D eigenvalue weighted by Crippen LogP contribution is 2.35. The Kier molecular flexibility index (Phi) is 23.8. The van der Waals surface area contributed by atoms with Crippen LogP contribution in [0, 0.1) is 18.6 Å². The smallest absolute Gasteiger partial charge is 0.358 e. The average Bonchev–Trinajstić information content (AvgIpc) is 3.40. The number of unbranched alkanes of at least 4 members (excludes halogenated alkanes) is 1. The topological polar surface area (TPSA) is 28.1 Å². The SMILES string of the molecule is C/C=C(\N=C(C)CCC)C(F)(F)F.C=C(C)CC.CC.CC.CCCCc1c([C@@H](C)c2ccc(C)c(F)c2F)[nH]c2ccc(Cl)cc12. The molecule has 0 saturated carbocycles. The number of alkyl halides is 3. The number of H-pyrrole nitrogens is 1. The Hall–Kier alpha value is -2.93. The first-order valence-corrected chi connectivity index (χ1v) is 17.2. The van der Waals surface area contributed by atoms with E-state index in [0.717, 1.165) is 60.3 Å². The Bertz CT molecular complexity index is 1400. The van der Waals surface area contributed by atoms with Crippen LogP contribution >= 0.6 is 11.6 Å².